The van der Waals surface area contributed by atoms with Crippen LogP contribution < -0.4 is 4.74 Å². The van der Waals surface area contributed by atoms with Crippen LogP contribution in [0.2, 0.25) is 0 Å². The summed E-state index contributed by atoms with van der Waals surface area (Å²) in [6.45, 7) is 4.74. The topological polar surface area (TPSA) is 32.7 Å². The molecule has 1 aromatic carbocycles. The molecule has 0 spiro atoms. The van der Waals surface area contributed by atoms with Crippen molar-refractivity contribution in [3.05, 3.63) is 23.8 Å². The van der Waals surface area contributed by atoms with Crippen LogP contribution in [0.4, 0.5) is 0 Å². The van der Waals surface area contributed by atoms with Crippen LogP contribution in [0, 0.1) is 5.92 Å². The minimum atomic E-state index is 0.245. The first kappa shape index (κ1) is 14.7. The van der Waals surface area contributed by atoms with Gasteiger partial charge >= 0.3 is 0 Å². The molecule has 3 nitrogen and oxygen atoms in total. The third-order valence-corrected chi connectivity index (χ3v) is 5.07. The van der Waals surface area contributed by atoms with Gasteiger partial charge < -0.3 is 9.84 Å². The maximum atomic E-state index is 9.82. The van der Waals surface area contributed by atoms with Gasteiger partial charge in [-0.1, -0.05) is 18.9 Å². The molecule has 1 aromatic rings. The number of phenolic OH excluding ortho intramolecular Hbond substituents is 1. The molecule has 3 heteroatoms. The second kappa shape index (κ2) is 6.69. The Balaban J connectivity index is 1.71. The van der Waals surface area contributed by atoms with Gasteiger partial charge in [0.1, 0.15) is 0 Å². The Labute approximate surface area is 127 Å². The molecule has 21 heavy (non-hydrogen) atoms. The van der Waals surface area contributed by atoms with Crippen LogP contribution in [0.5, 0.6) is 11.5 Å². The summed E-state index contributed by atoms with van der Waals surface area (Å²) in [5, 5.41) is 9.82. The maximum Gasteiger partial charge on any atom is 0.161 e. The molecule has 1 aliphatic heterocycles. The quantitative estimate of drug-likeness (QED) is 0.911. The Kier molecular flexibility index (Phi) is 4.69. The molecule has 2 atom stereocenters. The molecule has 1 N–H and O–H groups in total. The number of benzene rings is 1. The lowest BCUT2D eigenvalue weighted by Gasteiger charge is -2.44. The number of hydrogen-bond donors (Lipinski definition) is 1. The molecule has 0 unspecified atom stereocenters. The summed E-state index contributed by atoms with van der Waals surface area (Å²) in [6, 6.07) is 6.58. The first-order valence-corrected chi connectivity index (χ1v) is 8.46. The summed E-state index contributed by atoms with van der Waals surface area (Å²) in [7, 11) is 0. The summed E-state index contributed by atoms with van der Waals surface area (Å²) < 4.78 is 5.50. The van der Waals surface area contributed by atoms with E-state index in [0.717, 1.165) is 18.5 Å². The van der Waals surface area contributed by atoms with Gasteiger partial charge in [-0.2, -0.15) is 0 Å². The predicted molar refractivity (Wildman–Crippen MR) is 84.7 cm³/mol. The van der Waals surface area contributed by atoms with E-state index >= 15 is 0 Å². The molecular formula is C18H27NO2. The monoisotopic (exact) mass is 289 g/mol. The fourth-order valence-corrected chi connectivity index (χ4v) is 4.09. The Hall–Kier alpha value is -1.22. The average Bonchev–Trinajstić information content (AvgIpc) is 2.51. The van der Waals surface area contributed by atoms with Gasteiger partial charge in [0.25, 0.3) is 0 Å². The first-order chi connectivity index (χ1) is 10.3. The highest BCUT2D eigenvalue weighted by Crippen LogP contribution is 2.36. The van der Waals surface area contributed by atoms with E-state index in [0.29, 0.717) is 12.4 Å². The molecule has 0 aromatic heterocycles. The first-order valence-electron chi connectivity index (χ1n) is 8.46. The zero-order chi connectivity index (χ0) is 14.7. The van der Waals surface area contributed by atoms with Crippen molar-refractivity contribution in [3.63, 3.8) is 0 Å². The van der Waals surface area contributed by atoms with Crippen LogP contribution in [0.3, 0.4) is 0 Å². The molecule has 3 rings (SSSR count). The molecule has 1 saturated carbocycles. The van der Waals surface area contributed by atoms with E-state index in [4.69, 9.17) is 4.74 Å². The van der Waals surface area contributed by atoms with E-state index in [2.05, 4.69) is 4.90 Å². The average molecular weight is 289 g/mol. The van der Waals surface area contributed by atoms with Crippen molar-refractivity contribution in [2.24, 2.45) is 5.92 Å². The zero-order valence-electron chi connectivity index (χ0n) is 13.1. The Morgan fingerprint density at radius 2 is 2.00 bits per heavy atom. The maximum absolute atomic E-state index is 9.82. The molecule has 116 valence electrons. The van der Waals surface area contributed by atoms with Crippen LogP contribution >= 0.6 is 0 Å². The Morgan fingerprint density at radius 1 is 1.19 bits per heavy atom. The minimum absolute atomic E-state index is 0.245. The molecule has 0 bridgehead atoms. The van der Waals surface area contributed by atoms with Gasteiger partial charge in [0, 0.05) is 12.6 Å². The van der Waals surface area contributed by atoms with Crippen LogP contribution in [0.1, 0.15) is 51.0 Å². The summed E-state index contributed by atoms with van der Waals surface area (Å²) in [5.41, 5.74) is 1.25. The summed E-state index contributed by atoms with van der Waals surface area (Å²) in [4.78, 5) is 2.66. The molecule has 1 heterocycles. The van der Waals surface area contributed by atoms with Crippen LogP contribution in [-0.4, -0.2) is 29.2 Å². The summed E-state index contributed by atoms with van der Waals surface area (Å²) in [6.07, 6.45) is 8.33. The van der Waals surface area contributed by atoms with Crippen LogP contribution in [-0.2, 0) is 6.54 Å². The van der Waals surface area contributed by atoms with Gasteiger partial charge in [0.2, 0.25) is 0 Å². The second-order valence-corrected chi connectivity index (χ2v) is 6.46. The predicted octanol–water partition coefficient (Wildman–Crippen LogP) is 3.95. The van der Waals surface area contributed by atoms with Crippen molar-refractivity contribution < 1.29 is 9.84 Å². The normalized spacial score (nSPS) is 26.3. The Morgan fingerprint density at radius 3 is 2.86 bits per heavy atom. The number of aromatic hydroxyl groups is 1. The smallest absolute Gasteiger partial charge is 0.161 e. The van der Waals surface area contributed by atoms with E-state index < -0.39 is 0 Å². The van der Waals surface area contributed by atoms with Gasteiger partial charge in [0.05, 0.1) is 6.61 Å². The van der Waals surface area contributed by atoms with E-state index in [1.165, 1.54) is 50.6 Å². The van der Waals surface area contributed by atoms with Gasteiger partial charge in [-0.3, -0.25) is 4.90 Å². The van der Waals surface area contributed by atoms with Crippen molar-refractivity contribution in [2.45, 2.75) is 58.0 Å². The number of hydrogen-bond acceptors (Lipinski definition) is 3. The molecule has 0 amide bonds. The van der Waals surface area contributed by atoms with Crippen molar-refractivity contribution in [1.29, 1.82) is 0 Å². The third-order valence-electron chi connectivity index (χ3n) is 5.07. The number of phenols is 1. The SMILES string of the molecule is CCOc1cc(CN2CCC[C@H]3CCCC[C@H]32)ccc1O. The van der Waals surface area contributed by atoms with Crippen molar-refractivity contribution >= 4 is 0 Å². The number of ether oxygens (including phenoxy) is 1. The second-order valence-electron chi connectivity index (χ2n) is 6.46. The van der Waals surface area contributed by atoms with Crippen molar-refractivity contribution in [1.82, 2.24) is 4.90 Å². The lowest BCUT2D eigenvalue weighted by molar-refractivity contribution is 0.0546. The molecule has 1 aliphatic carbocycles. The fourth-order valence-electron chi connectivity index (χ4n) is 4.09. The molecule has 2 aliphatic rings. The molecule has 2 fully saturated rings. The lowest BCUT2D eigenvalue weighted by Crippen LogP contribution is -2.46. The molecular weight excluding hydrogens is 262 g/mol. The standard InChI is InChI=1S/C18H27NO2/c1-2-21-18-12-14(9-10-17(18)20)13-19-11-5-7-15-6-3-4-8-16(15)19/h9-10,12,15-16,20H,2-8,11,13H2,1H3/t15-,16-/m1/s1. The number of rotatable bonds is 4. The largest absolute Gasteiger partial charge is 0.504 e. The fraction of sp³-hybridized carbons (Fsp3) is 0.667. The number of piperidine rings is 1. The number of fused-ring (bicyclic) bond motifs is 1. The Bertz CT molecular complexity index is 472. The third kappa shape index (κ3) is 3.34. The highest BCUT2D eigenvalue weighted by molar-refractivity contribution is 5.41. The molecule has 0 radical (unpaired) electrons. The van der Waals surface area contributed by atoms with E-state index in [9.17, 15) is 5.11 Å². The van der Waals surface area contributed by atoms with E-state index in [-0.39, 0.29) is 5.75 Å². The van der Waals surface area contributed by atoms with Crippen LogP contribution in [0.25, 0.3) is 0 Å². The highest BCUT2D eigenvalue weighted by Gasteiger charge is 2.32. The van der Waals surface area contributed by atoms with Crippen molar-refractivity contribution in [2.75, 3.05) is 13.2 Å². The minimum Gasteiger partial charge on any atom is -0.504 e. The summed E-state index contributed by atoms with van der Waals surface area (Å²) in [5.74, 6) is 1.78. The van der Waals surface area contributed by atoms with Gasteiger partial charge in [0.15, 0.2) is 11.5 Å². The van der Waals surface area contributed by atoms with E-state index in [1.54, 1.807) is 6.07 Å². The lowest BCUT2D eigenvalue weighted by atomic mass is 9.78. The summed E-state index contributed by atoms with van der Waals surface area (Å²) >= 11 is 0. The highest BCUT2D eigenvalue weighted by atomic mass is 16.5. The van der Waals surface area contributed by atoms with Gasteiger partial charge in [-0.25, -0.2) is 0 Å². The number of likely N-dealkylation sites (tertiary alicyclic amines) is 1. The molecule has 1 saturated heterocycles. The number of nitrogens with zero attached hydrogens (tertiary/aromatic N) is 1. The zero-order valence-corrected chi connectivity index (χ0v) is 13.1. The van der Waals surface area contributed by atoms with E-state index in [1.807, 2.05) is 19.1 Å². The van der Waals surface area contributed by atoms with Gasteiger partial charge in [-0.15, -0.1) is 0 Å². The van der Waals surface area contributed by atoms with Crippen LogP contribution in [0.15, 0.2) is 18.2 Å². The van der Waals surface area contributed by atoms with Gasteiger partial charge in [-0.05, 0) is 62.8 Å². The van der Waals surface area contributed by atoms with Crippen molar-refractivity contribution in [3.8, 4) is 11.5 Å².